The lowest BCUT2D eigenvalue weighted by molar-refractivity contribution is -0.134. The van der Waals surface area contributed by atoms with Crippen LogP contribution in [0.5, 0.6) is 11.5 Å². The molecule has 1 aromatic rings. The molecule has 1 heterocycles. The molecule has 23 heavy (non-hydrogen) atoms. The molecule has 1 fully saturated rings. The van der Waals surface area contributed by atoms with Crippen LogP contribution in [0.3, 0.4) is 0 Å². The Morgan fingerprint density at radius 2 is 2.04 bits per heavy atom. The Bertz CT molecular complexity index is 519. The van der Waals surface area contributed by atoms with E-state index in [0.717, 1.165) is 43.7 Å². The summed E-state index contributed by atoms with van der Waals surface area (Å²) in [6.45, 7) is 1.30. The molecular formula is C18H28N2O3. The minimum absolute atomic E-state index is 0.199. The summed E-state index contributed by atoms with van der Waals surface area (Å²) in [4.78, 5) is 14.3. The van der Waals surface area contributed by atoms with Crippen molar-refractivity contribution >= 4 is 5.91 Å². The number of carbonyl (C=O) groups excluding carboxylic acids is 1. The zero-order valence-electron chi connectivity index (χ0n) is 14.2. The number of aryl methyl sites for hydroxylation is 1. The number of nitrogens with zero attached hydrogens (tertiary/aromatic N) is 1. The third kappa shape index (κ3) is 4.61. The van der Waals surface area contributed by atoms with Gasteiger partial charge < -0.3 is 20.1 Å². The molecule has 1 aromatic carbocycles. The second-order valence-electron chi connectivity index (χ2n) is 6.00. The molecule has 0 radical (unpaired) electrons. The molecule has 0 aliphatic carbocycles. The number of carbonyl (C=O) groups is 1. The van der Waals surface area contributed by atoms with Crippen LogP contribution in [0.4, 0.5) is 0 Å². The zero-order chi connectivity index (χ0) is 16.7. The SMILES string of the molecule is COc1ccc(CC[C@H]2CCCCN2C(=O)CCN)cc1OC. The quantitative estimate of drug-likeness (QED) is 0.837. The molecule has 0 spiro atoms. The molecule has 2 N–H and O–H groups in total. The Morgan fingerprint density at radius 1 is 1.26 bits per heavy atom. The van der Waals surface area contributed by atoms with Gasteiger partial charge in [-0.2, -0.15) is 0 Å². The van der Waals surface area contributed by atoms with Gasteiger partial charge >= 0.3 is 0 Å². The highest BCUT2D eigenvalue weighted by atomic mass is 16.5. The molecule has 5 nitrogen and oxygen atoms in total. The van der Waals surface area contributed by atoms with Crippen molar-refractivity contribution in [2.24, 2.45) is 5.73 Å². The number of nitrogens with two attached hydrogens (primary N) is 1. The van der Waals surface area contributed by atoms with Crippen LogP contribution in [0.1, 0.15) is 37.7 Å². The zero-order valence-corrected chi connectivity index (χ0v) is 14.2. The van der Waals surface area contributed by atoms with Crippen molar-refractivity contribution in [1.29, 1.82) is 0 Å². The van der Waals surface area contributed by atoms with Crippen LogP contribution in [0.15, 0.2) is 18.2 Å². The lowest BCUT2D eigenvalue weighted by atomic mass is 9.95. The molecule has 0 bridgehead atoms. The molecular weight excluding hydrogens is 292 g/mol. The standard InChI is InChI=1S/C18H28N2O3/c1-22-16-9-7-14(13-17(16)23-2)6-8-15-5-3-4-12-20(15)18(21)10-11-19/h7,9,13,15H,3-6,8,10-12,19H2,1-2H3/t15-/m1/s1. The third-order valence-electron chi connectivity index (χ3n) is 4.52. The van der Waals surface area contributed by atoms with Crippen molar-refractivity contribution < 1.29 is 14.3 Å². The topological polar surface area (TPSA) is 64.8 Å². The number of piperidine rings is 1. The summed E-state index contributed by atoms with van der Waals surface area (Å²) in [7, 11) is 3.29. The van der Waals surface area contributed by atoms with E-state index in [-0.39, 0.29) is 5.91 Å². The van der Waals surface area contributed by atoms with Gasteiger partial charge in [0.05, 0.1) is 14.2 Å². The Labute approximate surface area is 138 Å². The van der Waals surface area contributed by atoms with E-state index in [2.05, 4.69) is 6.07 Å². The van der Waals surface area contributed by atoms with E-state index in [0.29, 0.717) is 19.0 Å². The summed E-state index contributed by atoms with van der Waals surface area (Å²) in [6.07, 6.45) is 5.74. The van der Waals surface area contributed by atoms with Gasteiger partial charge in [0.1, 0.15) is 0 Å². The summed E-state index contributed by atoms with van der Waals surface area (Å²) in [5.41, 5.74) is 6.74. The summed E-state index contributed by atoms with van der Waals surface area (Å²) < 4.78 is 10.6. The first kappa shape index (κ1) is 17.6. The molecule has 128 valence electrons. The van der Waals surface area contributed by atoms with Gasteiger partial charge in [0, 0.05) is 25.6 Å². The van der Waals surface area contributed by atoms with Crippen molar-refractivity contribution in [2.75, 3.05) is 27.3 Å². The fourth-order valence-electron chi connectivity index (χ4n) is 3.27. The number of rotatable bonds is 7. The summed E-state index contributed by atoms with van der Waals surface area (Å²) in [5, 5.41) is 0. The van der Waals surface area contributed by atoms with Crippen LogP contribution in [0, 0.1) is 0 Å². The number of hydrogen-bond donors (Lipinski definition) is 1. The molecule has 1 saturated heterocycles. The average Bonchev–Trinajstić information content (AvgIpc) is 2.60. The number of amides is 1. The highest BCUT2D eigenvalue weighted by Crippen LogP contribution is 2.29. The molecule has 0 unspecified atom stereocenters. The van der Waals surface area contributed by atoms with Crippen molar-refractivity contribution in [3.63, 3.8) is 0 Å². The van der Waals surface area contributed by atoms with Crippen molar-refractivity contribution in [1.82, 2.24) is 4.90 Å². The first-order chi connectivity index (χ1) is 11.2. The second kappa shape index (κ2) is 8.77. The van der Waals surface area contributed by atoms with Gasteiger partial charge in [0.15, 0.2) is 11.5 Å². The van der Waals surface area contributed by atoms with Crippen LogP contribution in [0.2, 0.25) is 0 Å². The number of methoxy groups -OCH3 is 2. The van der Waals surface area contributed by atoms with Gasteiger partial charge in [0.2, 0.25) is 5.91 Å². The maximum atomic E-state index is 12.2. The van der Waals surface area contributed by atoms with E-state index in [1.807, 2.05) is 17.0 Å². The molecule has 1 aliphatic heterocycles. The molecule has 5 heteroatoms. The molecule has 0 aromatic heterocycles. The van der Waals surface area contributed by atoms with Crippen LogP contribution in [-0.2, 0) is 11.2 Å². The van der Waals surface area contributed by atoms with Gasteiger partial charge in [-0.15, -0.1) is 0 Å². The maximum absolute atomic E-state index is 12.2. The van der Waals surface area contributed by atoms with E-state index in [1.54, 1.807) is 14.2 Å². The van der Waals surface area contributed by atoms with Gasteiger partial charge in [0.25, 0.3) is 0 Å². The predicted molar refractivity (Wildman–Crippen MR) is 90.9 cm³/mol. The third-order valence-corrected chi connectivity index (χ3v) is 4.52. The minimum atomic E-state index is 0.199. The molecule has 2 rings (SSSR count). The van der Waals surface area contributed by atoms with E-state index in [9.17, 15) is 4.79 Å². The maximum Gasteiger partial charge on any atom is 0.224 e. The first-order valence-corrected chi connectivity index (χ1v) is 8.40. The average molecular weight is 320 g/mol. The van der Waals surface area contributed by atoms with Gasteiger partial charge in [-0.3, -0.25) is 4.79 Å². The van der Waals surface area contributed by atoms with Crippen molar-refractivity contribution in [3.05, 3.63) is 23.8 Å². The Morgan fingerprint density at radius 3 is 2.74 bits per heavy atom. The van der Waals surface area contributed by atoms with E-state index in [1.165, 1.54) is 12.0 Å². The van der Waals surface area contributed by atoms with E-state index < -0.39 is 0 Å². The Balaban J connectivity index is 1.99. The largest absolute Gasteiger partial charge is 0.493 e. The monoisotopic (exact) mass is 320 g/mol. The Hall–Kier alpha value is -1.75. The highest BCUT2D eigenvalue weighted by Gasteiger charge is 2.25. The van der Waals surface area contributed by atoms with Gasteiger partial charge in [-0.05, 0) is 49.8 Å². The number of ether oxygens (including phenoxy) is 2. The number of hydrogen-bond acceptors (Lipinski definition) is 4. The fourth-order valence-corrected chi connectivity index (χ4v) is 3.27. The predicted octanol–water partition coefficient (Wildman–Crippen LogP) is 2.37. The highest BCUT2D eigenvalue weighted by molar-refractivity contribution is 5.76. The normalized spacial score (nSPS) is 17.9. The van der Waals surface area contributed by atoms with Crippen molar-refractivity contribution in [2.45, 2.75) is 44.6 Å². The molecule has 1 aliphatic rings. The number of benzene rings is 1. The van der Waals surface area contributed by atoms with Gasteiger partial charge in [-0.25, -0.2) is 0 Å². The van der Waals surface area contributed by atoms with E-state index in [4.69, 9.17) is 15.2 Å². The first-order valence-electron chi connectivity index (χ1n) is 8.40. The van der Waals surface area contributed by atoms with Crippen molar-refractivity contribution in [3.8, 4) is 11.5 Å². The summed E-state index contributed by atoms with van der Waals surface area (Å²) in [5.74, 6) is 1.70. The lowest BCUT2D eigenvalue weighted by Crippen LogP contribution is -2.44. The smallest absolute Gasteiger partial charge is 0.224 e. The summed E-state index contributed by atoms with van der Waals surface area (Å²) in [6, 6.07) is 6.35. The number of likely N-dealkylation sites (tertiary alicyclic amines) is 1. The molecule has 1 amide bonds. The van der Waals surface area contributed by atoms with Crippen LogP contribution in [0.25, 0.3) is 0 Å². The fraction of sp³-hybridized carbons (Fsp3) is 0.611. The van der Waals surface area contributed by atoms with Gasteiger partial charge in [-0.1, -0.05) is 6.07 Å². The van der Waals surface area contributed by atoms with E-state index >= 15 is 0 Å². The van der Waals surface area contributed by atoms with Crippen LogP contribution >= 0.6 is 0 Å². The van der Waals surface area contributed by atoms with Crippen LogP contribution in [-0.4, -0.2) is 44.2 Å². The second-order valence-corrected chi connectivity index (χ2v) is 6.00. The summed E-state index contributed by atoms with van der Waals surface area (Å²) >= 11 is 0. The lowest BCUT2D eigenvalue weighted by Gasteiger charge is -2.36. The molecule has 1 atom stereocenters. The van der Waals surface area contributed by atoms with Crippen LogP contribution < -0.4 is 15.2 Å². The minimum Gasteiger partial charge on any atom is -0.493 e. The molecule has 0 saturated carbocycles. The Kier molecular flexibility index (Phi) is 6.71.